The summed E-state index contributed by atoms with van der Waals surface area (Å²) in [6, 6.07) is 7.19. The minimum atomic E-state index is -0.232. The van der Waals surface area contributed by atoms with Gasteiger partial charge in [-0.1, -0.05) is 18.2 Å². The monoisotopic (exact) mass is 319 g/mol. The van der Waals surface area contributed by atoms with Crippen molar-refractivity contribution in [1.82, 2.24) is 15.1 Å². The molecule has 1 saturated heterocycles. The van der Waals surface area contributed by atoms with Gasteiger partial charge in [-0.05, 0) is 58.3 Å². The largest absolute Gasteiger partial charge is 0.335 e. The first-order valence-electron chi connectivity index (χ1n) is 8.62. The van der Waals surface area contributed by atoms with Gasteiger partial charge in [-0.15, -0.1) is 0 Å². The molecular formula is C18H26FN3O. The van der Waals surface area contributed by atoms with Crippen molar-refractivity contribution >= 4 is 6.03 Å². The number of urea groups is 1. The average molecular weight is 319 g/mol. The number of likely N-dealkylation sites (tertiary alicyclic amines) is 1. The second-order valence-corrected chi connectivity index (χ2v) is 6.83. The summed E-state index contributed by atoms with van der Waals surface area (Å²) < 4.78 is 13.9. The Morgan fingerprint density at radius 1 is 1.26 bits per heavy atom. The van der Waals surface area contributed by atoms with E-state index in [4.69, 9.17) is 0 Å². The van der Waals surface area contributed by atoms with Gasteiger partial charge in [0, 0.05) is 17.6 Å². The standard InChI is InChI=1S/C18H26FN3O/c1-21-11-9-15(10-12-21)20-18(23)22(16-6-4-7-16)13-14-5-2-3-8-17(14)19/h2-3,5,8,15-16H,4,6-7,9-13H2,1H3,(H,20,23). The zero-order valence-corrected chi connectivity index (χ0v) is 13.8. The molecule has 1 aromatic rings. The number of hydrogen-bond acceptors (Lipinski definition) is 2. The predicted molar refractivity (Wildman–Crippen MR) is 88.6 cm³/mol. The molecule has 2 amide bonds. The van der Waals surface area contributed by atoms with Crippen molar-refractivity contribution < 1.29 is 9.18 Å². The summed E-state index contributed by atoms with van der Waals surface area (Å²) in [5.41, 5.74) is 0.595. The number of nitrogens with one attached hydrogen (secondary N) is 1. The van der Waals surface area contributed by atoms with Gasteiger partial charge in [0.15, 0.2) is 0 Å². The molecule has 23 heavy (non-hydrogen) atoms. The Morgan fingerprint density at radius 2 is 1.96 bits per heavy atom. The second-order valence-electron chi connectivity index (χ2n) is 6.83. The Bertz CT molecular complexity index is 539. The summed E-state index contributed by atoms with van der Waals surface area (Å²) in [5, 5.41) is 3.17. The van der Waals surface area contributed by atoms with Gasteiger partial charge in [-0.3, -0.25) is 0 Å². The van der Waals surface area contributed by atoms with E-state index in [2.05, 4.69) is 17.3 Å². The highest BCUT2D eigenvalue weighted by Crippen LogP contribution is 2.27. The molecule has 2 fully saturated rings. The number of rotatable bonds is 4. The van der Waals surface area contributed by atoms with Crippen molar-refractivity contribution in [2.45, 2.75) is 50.7 Å². The summed E-state index contributed by atoms with van der Waals surface area (Å²) >= 11 is 0. The Hall–Kier alpha value is -1.62. The fourth-order valence-electron chi connectivity index (χ4n) is 3.29. The zero-order valence-electron chi connectivity index (χ0n) is 13.8. The molecule has 1 saturated carbocycles. The number of hydrogen-bond donors (Lipinski definition) is 1. The summed E-state index contributed by atoms with van der Waals surface area (Å²) in [5.74, 6) is -0.232. The molecular weight excluding hydrogens is 293 g/mol. The molecule has 126 valence electrons. The van der Waals surface area contributed by atoms with E-state index in [0.717, 1.165) is 45.2 Å². The lowest BCUT2D eigenvalue weighted by Crippen LogP contribution is -2.52. The smallest absolute Gasteiger partial charge is 0.318 e. The van der Waals surface area contributed by atoms with E-state index >= 15 is 0 Å². The molecule has 0 atom stereocenters. The Morgan fingerprint density at radius 3 is 2.57 bits per heavy atom. The minimum Gasteiger partial charge on any atom is -0.335 e. The molecule has 4 nitrogen and oxygen atoms in total. The van der Waals surface area contributed by atoms with Crippen LogP contribution in [0.3, 0.4) is 0 Å². The third-order valence-corrected chi connectivity index (χ3v) is 5.12. The van der Waals surface area contributed by atoms with Crippen LogP contribution >= 0.6 is 0 Å². The number of benzene rings is 1. The zero-order chi connectivity index (χ0) is 16.2. The van der Waals surface area contributed by atoms with Crippen LogP contribution < -0.4 is 5.32 Å². The molecule has 0 bridgehead atoms. The molecule has 1 aliphatic carbocycles. The van der Waals surface area contributed by atoms with Gasteiger partial charge >= 0.3 is 6.03 Å². The fraction of sp³-hybridized carbons (Fsp3) is 0.611. The second kappa shape index (κ2) is 7.30. The predicted octanol–water partition coefficient (Wildman–Crippen LogP) is 2.98. The van der Waals surface area contributed by atoms with Crippen molar-refractivity contribution in [3.8, 4) is 0 Å². The molecule has 1 heterocycles. The van der Waals surface area contributed by atoms with Crippen molar-refractivity contribution in [3.63, 3.8) is 0 Å². The SMILES string of the molecule is CN1CCC(NC(=O)N(Cc2ccccc2F)C2CCC2)CC1. The molecule has 3 rings (SSSR count). The van der Waals surface area contributed by atoms with Gasteiger partial charge < -0.3 is 15.1 Å². The van der Waals surface area contributed by atoms with Crippen LogP contribution in [0.2, 0.25) is 0 Å². The van der Waals surface area contributed by atoms with E-state index in [1.165, 1.54) is 6.07 Å². The Balaban J connectivity index is 1.64. The minimum absolute atomic E-state index is 0.0347. The Kier molecular flexibility index (Phi) is 5.16. The number of amides is 2. The molecule has 0 spiro atoms. The molecule has 0 unspecified atom stereocenters. The summed E-state index contributed by atoms with van der Waals surface area (Å²) in [7, 11) is 2.11. The number of piperidine rings is 1. The van der Waals surface area contributed by atoms with Crippen LogP contribution in [0.25, 0.3) is 0 Å². The third kappa shape index (κ3) is 4.02. The lowest BCUT2D eigenvalue weighted by atomic mass is 9.91. The number of carbonyl (C=O) groups is 1. The quantitative estimate of drug-likeness (QED) is 0.926. The summed E-state index contributed by atoms with van der Waals surface area (Å²) in [6.45, 7) is 2.39. The van der Waals surface area contributed by atoms with E-state index in [1.807, 2.05) is 11.0 Å². The van der Waals surface area contributed by atoms with Gasteiger partial charge in [0.2, 0.25) is 0 Å². The summed E-state index contributed by atoms with van der Waals surface area (Å²) in [4.78, 5) is 16.8. The van der Waals surface area contributed by atoms with Crippen LogP contribution in [0.1, 0.15) is 37.7 Å². The Labute approximate surface area is 137 Å². The van der Waals surface area contributed by atoms with Crippen LogP contribution in [-0.2, 0) is 6.54 Å². The van der Waals surface area contributed by atoms with Gasteiger partial charge in [-0.25, -0.2) is 9.18 Å². The van der Waals surface area contributed by atoms with Gasteiger partial charge in [-0.2, -0.15) is 0 Å². The van der Waals surface area contributed by atoms with E-state index < -0.39 is 0 Å². The van der Waals surface area contributed by atoms with Crippen LogP contribution in [0.5, 0.6) is 0 Å². The van der Waals surface area contributed by atoms with E-state index in [9.17, 15) is 9.18 Å². The van der Waals surface area contributed by atoms with Gasteiger partial charge in [0.25, 0.3) is 0 Å². The molecule has 0 radical (unpaired) electrons. The van der Waals surface area contributed by atoms with E-state index in [1.54, 1.807) is 12.1 Å². The lowest BCUT2D eigenvalue weighted by molar-refractivity contribution is 0.125. The van der Waals surface area contributed by atoms with Crippen LogP contribution in [0, 0.1) is 5.82 Å². The molecule has 0 aromatic heterocycles. The lowest BCUT2D eigenvalue weighted by Gasteiger charge is -2.39. The summed E-state index contributed by atoms with van der Waals surface area (Å²) in [6.07, 6.45) is 5.17. The third-order valence-electron chi connectivity index (χ3n) is 5.12. The molecule has 1 aliphatic heterocycles. The molecule has 2 aliphatic rings. The maximum atomic E-state index is 13.9. The number of carbonyl (C=O) groups excluding carboxylic acids is 1. The van der Waals surface area contributed by atoms with Crippen molar-refractivity contribution in [2.75, 3.05) is 20.1 Å². The topological polar surface area (TPSA) is 35.6 Å². The first kappa shape index (κ1) is 16.2. The van der Waals surface area contributed by atoms with Crippen molar-refractivity contribution in [1.29, 1.82) is 0 Å². The maximum absolute atomic E-state index is 13.9. The van der Waals surface area contributed by atoms with E-state index in [-0.39, 0.29) is 23.9 Å². The van der Waals surface area contributed by atoms with E-state index in [0.29, 0.717) is 12.1 Å². The van der Waals surface area contributed by atoms with Crippen molar-refractivity contribution in [3.05, 3.63) is 35.6 Å². The molecule has 1 aromatic carbocycles. The van der Waals surface area contributed by atoms with Crippen LogP contribution in [0.4, 0.5) is 9.18 Å². The highest BCUT2D eigenvalue weighted by molar-refractivity contribution is 5.75. The highest BCUT2D eigenvalue weighted by Gasteiger charge is 2.31. The number of nitrogens with zero attached hydrogens (tertiary/aromatic N) is 2. The van der Waals surface area contributed by atoms with Gasteiger partial charge in [0.05, 0.1) is 6.54 Å². The molecule has 5 heteroatoms. The highest BCUT2D eigenvalue weighted by atomic mass is 19.1. The van der Waals surface area contributed by atoms with Crippen LogP contribution in [0.15, 0.2) is 24.3 Å². The molecule has 1 N–H and O–H groups in total. The van der Waals surface area contributed by atoms with Crippen molar-refractivity contribution in [2.24, 2.45) is 0 Å². The maximum Gasteiger partial charge on any atom is 0.318 e. The fourth-order valence-corrected chi connectivity index (χ4v) is 3.29. The first-order chi connectivity index (χ1) is 11.1. The normalized spacial score (nSPS) is 20.1. The first-order valence-corrected chi connectivity index (χ1v) is 8.62. The number of halogens is 1. The van der Waals surface area contributed by atoms with Gasteiger partial charge in [0.1, 0.15) is 5.82 Å². The van der Waals surface area contributed by atoms with Crippen LogP contribution in [-0.4, -0.2) is 48.1 Å². The average Bonchev–Trinajstić information content (AvgIpc) is 2.49.